The van der Waals surface area contributed by atoms with E-state index in [9.17, 15) is 14.0 Å². The highest BCUT2D eigenvalue weighted by atomic mass is 19.1. The Hall–Kier alpha value is -3.47. The van der Waals surface area contributed by atoms with E-state index in [2.05, 4.69) is 24.5 Å². The minimum atomic E-state index is -0.504. The second-order valence-electron chi connectivity index (χ2n) is 6.74. The molecule has 0 aliphatic carbocycles. The van der Waals surface area contributed by atoms with Gasteiger partial charge in [-0.05, 0) is 60.0 Å². The summed E-state index contributed by atoms with van der Waals surface area (Å²) < 4.78 is 13.6. The quantitative estimate of drug-likeness (QED) is 0.622. The Kier molecular flexibility index (Phi) is 5.84. The smallest absolute Gasteiger partial charge is 0.255 e. The first kappa shape index (κ1) is 19.3. The van der Waals surface area contributed by atoms with Gasteiger partial charge in [0.05, 0.1) is 5.69 Å². The molecule has 28 heavy (non-hydrogen) atoms. The molecule has 0 atom stereocenters. The van der Waals surface area contributed by atoms with Crippen molar-refractivity contribution in [3.63, 3.8) is 0 Å². The molecule has 0 bridgehead atoms. The highest BCUT2D eigenvalue weighted by Gasteiger charge is 2.11. The van der Waals surface area contributed by atoms with Crippen molar-refractivity contribution in [3.8, 4) is 0 Å². The molecule has 2 N–H and O–H groups in total. The Morgan fingerprint density at radius 3 is 1.82 bits per heavy atom. The lowest BCUT2D eigenvalue weighted by atomic mass is 10.0. The number of amides is 2. The van der Waals surface area contributed by atoms with Crippen LogP contribution in [0.15, 0.2) is 72.8 Å². The molecule has 0 heterocycles. The van der Waals surface area contributed by atoms with Gasteiger partial charge in [0.15, 0.2) is 0 Å². The molecule has 0 spiro atoms. The Morgan fingerprint density at radius 2 is 1.29 bits per heavy atom. The van der Waals surface area contributed by atoms with Crippen LogP contribution in [0.5, 0.6) is 0 Å². The van der Waals surface area contributed by atoms with Crippen LogP contribution in [0.25, 0.3) is 0 Å². The number of carbonyl (C=O) groups is 2. The summed E-state index contributed by atoms with van der Waals surface area (Å²) in [5.74, 6) is -0.789. The molecule has 0 saturated carbocycles. The predicted octanol–water partition coefficient (Wildman–Crippen LogP) is 5.45. The number of nitrogens with one attached hydrogen (secondary N) is 2. The summed E-state index contributed by atoms with van der Waals surface area (Å²) in [6.45, 7) is 4.22. The molecular formula is C23H21FN2O2. The maximum atomic E-state index is 13.6. The summed E-state index contributed by atoms with van der Waals surface area (Å²) in [5, 5.41) is 5.35. The molecule has 3 aromatic carbocycles. The minimum absolute atomic E-state index is 0.110. The van der Waals surface area contributed by atoms with Gasteiger partial charge in [0.2, 0.25) is 0 Å². The molecule has 0 saturated heterocycles. The van der Waals surface area contributed by atoms with Crippen LogP contribution >= 0.6 is 0 Å². The second-order valence-corrected chi connectivity index (χ2v) is 6.74. The number of halogens is 1. The van der Waals surface area contributed by atoms with E-state index in [0.29, 0.717) is 22.7 Å². The number of benzene rings is 3. The second kappa shape index (κ2) is 8.48. The SMILES string of the molecule is CC(C)c1ccc(NC(=O)c2ccc(C(=O)Nc3ccccc3F)cc2)cc1. The third kappa shape index (κ3) is 4.62. The van der Waals surface area contributed by atoms with Crippen molar-refractivity contribution < 1.29 is 14.0 Å². The van der Waals surface area contributed by atoms with Gasteiger partial charge in [0.1, 0.15) is 5.82 Å². The normalized spacial score (nSPS) is 10.6. The topological polar surface area (TPSA) is 58.2 Å². The standard InChI is InChI=1S/C23H21FN2O2/c1-15(2)16-11-13-19(14-12-16)25-22(27)17-7-9-18(10-8-17)23(28)26-21-6-4-3-5-20(21)24/h3-15H,1-2H3,(H,25,27)(H,26,28). The number of hydrogen-bond acceptors (Lipinski definition) is 2. The van der Waals surface area contributed by atoms with E-state index in [4.69, 9.17) is 0 Å². The molecule has 142 valence electrons. The van der Waals surface area contributed by atoms with Crippen LogP contribution in [0.2, 0.25) is 0 Å². The van der Waals surface area contributed by atoms with Crippen LogP contribution in [0.3, 0.4) is 0 Å². The molecule has 0 fully saturated rings. The number of para-hydroxylation sites is 1. The highest BCUT2D eigenvalue weighted by molar-refractivity contribution is 6.07. The first-order valence-corrected chi connectivity index (χ1v) is 9.01. The predicted molar refractivity (Wildman–Crippen MR) is 109 cm³/mol. The van der Waals surface area contributed by atoms with E-state index < -0.39 is 11.7 Å². The molecule has 3 rings (SSSR count). The summed E-state index contributed by atoms with van der Waals surface area (Å²) in [6.07, 6.45) is 0. The van der Waals surface area contributed by atoms with Gasteiger partial charge in [-0.1, -0.05) is 38.1 Å². The van der Waals surface area contributed by atoms with Gasteiger partial charge in [-0.15, -0.1) is 0 Å². The summed E-state index contributed by atoms with van der Waals surface area (Å²) >= 11 is 0. The van der Waals surface area contributed by atoms with Gasteiger partial charge in [0, 0.05) is 16.8 Å². The summed E-state index contributed by atoms with van der Waals surface area (Å²) in [5.41, 5.74) is 2.77. The zero-order valence-corrected chi connectivity index (χ0v) is 15.7. The molecule has 0 radical (unpaired) electrons. The maximum Gasteiger partial charge on any atom is 0.255 e. The van der Waals surface area contributed by atoms with E-state index in [1.807, 2.05) is 24.3 Å². The van der Waals surface area contributed by atoms with Crippen molar-refractivity contribution in [2.75, 3.05) is 10.6 Å². The van der Waals surface area contributed by atoms with Crippen molar-refractivity contribution in [2.45, 2.75) is 19.8 Å². The van der Waals surface area contributed by atoms with E-state index in [1.165, 1.54) is 29.8 Å². The Morgan fingerprint density at radius 1 is 0.750 bits per heavy atom. The van der Waals surface area contributed by atoms with Gasteiger partial charge in [-0.2, -0.15) is 0 Å². The van der Waals surface area contributed by atoms with Gasteiger partial charge in [0.25, 0.3) is 11.8 Å². The van der Waals surface area contributed by atoms with E-state index in [0.717, 1.165) is 0 Å². The number of carbonyl (C=O) groups excluding carboxylic acids is 2. The third-order valence-electron chi connectivity index (χ3n) is 4.37. The van der Waals surface area contributed by atoms with Crippen molar-refractivity contribution in [2.24, 2.45) is 0 Å². The molecule has 3 aromatic rings. The average molecular weight is 376 g/mol. The fourth-order valence-electron chi connectivity index (χ4n) is 2.68. The largest absolute Gasteiger partial charge is 0.322 e. The fourth-order valence-corrected chi connectivity index (χ4v) is 2.68. The van der Waals surface area contributed by atoms with Gasteiger partial charge in [-0.3, -0.25) is 9.59 Å². The maximum absolute atomic E-state index is 13.6. The average Bonchev–Trinajstić information content (AvgIpc) is 2.70. The van der Waals surface area contributed by atoms with Gasteiger partial charge < -0.3 is 10.6 Å². The van der Waals surface area contributed by atoms with Crippen molar-refractivity contribution in [1.29, 1.82) is 0 Å². The van der Waals surface area contributed by atoms with Crippen LogP contribution < -0.4 is 10.6 Å². The van der Waals surface area contributed by atoms with Crippen LogP contribution in [0.4, 0.5) is 15.8 Å². The first-order valence-electron chi connectivity index (χ1n) is 9.01. The molecule has 4 nitrogen and oxygen atoms in total. The van der Waals surface area contributed by atoms with Crippen LogP contribution in [0.1, 0.15) is 46.0 Å². The van der Waals surface area contributed by atoms with Crippen LogP contribution in [-0.2, 0) is 0 Å². The molecule has 0 aliphatic rings. The lowest BCUT2D eigenvalue weighted by Crippen LogP contribution is -2.15. The van der Waals surface area contributed by atoms with E-state index in [-0.39, 0.29) is 11.6 Å². The van der Waals surface area contributed by atoms with Crippen molar-refractivity contribution in [3.05, 3.63) is 95.3 Å². The molecule has 5 heteroatoms. The minimum Gasteiger partial charge on any atom is -0.322 e. The molecular weight excluding hydrogens is 355 g/mol. The monoisotopic (exact) mass is 376 g/mol. The number of anilines is 2. The summed E-state index contributed by atoms with van der Waals surface area (Å²) in [6, 6.07) is 19.8. The Balaban J connectivity index is 1.65. The Labute approximate surface area is 163 Å². The zero-order chi connectivity index (χ0) is 20.1. The molecule has 0 aliphatic heterocycles. The fraction of sp³-hybridized carbons (Fsp3) is 0.130. The summed E-state index contributed by atoms with van der Waals surface area (Å²) in [4.78, 5) is 24.6. The van der Waals surface area contributed by atoms with E-state index in [1.54, 1.807) is 24.3 Å². The molecule has 2 amide bonds. The van der Waals surface area contributed by atoms with Crippen molar-refractivity contribution >= 4 is 23.2 Å². The van der Waals surface area contributed by atoms with Crippen LogP contribution in [-0.4, -0.2) is 11.8 Å². The molecule has 0 unspecified atom stereocenters. The lowest BCUT2D eigenvalue weighted by molar-refractivity contribution is 0.101. The first-order chi connectivity index (χ1) is 13.4. The number of rotatable bonds is 5. The third-order valence-corrected chi connectivity index (χ3v) is 4.37. The van der Waals surface area contributed by atoms with Crippen molar-refractivity contribution in [1.82, 2.24) is 0 Å². The highest BCUT2D eigenvalue weighted by Crippen LogP contribution is 2.18. The van der Waals surface area contributed by atoms with Gasteiger partial charge >= 0.3 is 0 Å². The Bertz CT molecular complexity index is 980. The van der Waals surface area contributed by atoms with Gasteiger partial charge in [-0.25, -0.2) is 4.39 Å². The zero-order valence-electron chi connectivity index (χ0n) is 15.7. The molecule has 0 aromatic heterocycles. The number of hydrogen-bond donors (Lipinski definition) is 2. The lowest BCUT2D eigenvalue weighted by Gasteiger charge is -2.09. The van der Waals surface area contributed by atoms with Crippen LogP contribution in [0, 0.1) is 5.82 Å². The summed E-state index contributed by atoms with van der Waals surface area (Å²) in [7, 11) is 0. The van der Waals surface area contributed by atoms with E-state index >= 15 is 0 Å².